The molecule has 1 rings (SSSR count). The second-order valence-corrected chi connectivity index (χ2v) is 4.89. The first-order valence-corrected chi connectivity index (χ1v) is 5.75. The molecule has 6 heteroatoms. The maximum absolute atomic E-state index is 13.5. The van der Waals surface area contributed by atoms with E-state index in [1.54, 1.807) is 19.9 Å². The van der Waals surface area contributed by atoms with Gasteiger partial charge in [0.1, 0.15) is 5.82 Å². The van der Waals surface area contributed by atoms with Crippen LogP contribution in [0.3, 0.4) is 0 Å². The van der Waals surface area contributed by atoms with Gasteiger partial charge in [0, 0.05) is 12.6 Å². The molecule has 0 saturated carbocycles. The number of anilines is 1. The topological polar surface area (TPSA) is 69.6 Å². The van der Waals surface area contributed by atoms with Gasteiger partial charge in [0.05, 0.1) is 12.1 Å². The van der Waals surface area contributed by atoms with E-state index in [1.807, 2.05) is 0 Å². The fourth-order valence-corrected chi connectivity index (χ4v) is 1.63. The zero-order chi connectivity index (χ0) is 14.6. The number of carbonyl (C=O) groups excluding carboxylic acids is 1. The minimum absolute atomic E-state index is 0.131. The van der Waals surface area contributed by atoms with E-state index < -0.39 is 23.4 Å². The van der Waals surface area contributed by atoms with Gasteiger partial charge in [0.2, 0.25) is 0 Å². The molecule has 0 heterocycles. The number of hydrogen-bond acceptors (Lipinski definition) is 2. The number of nitrogens with one attached hydrogen (secondary N) is 1. The van der Waals surface area contributed by atoms with Crippen molar-refractivity contribution in [3.8, 4) is 0 Å². The number of amides is 2. The highest BCUT2D eigenvalue weighted by atomic mass is 19.1. The summed E-state index contributed by atoms with van der Waals surface area (Å²) in [6, 6.07) is 5.31. The first kappa shape index (κ1) is 14.9. The molecule has 5 nitrogen and oxygen atoms in total. The Bertz CT molecular complexity index is 489. The number of benzene rings is 1. The van der Waals surface area contributed by atoms with Crippen LogP contribution in [0.15, 0.2) is 24.3 Å². The van der Waals surface area contributed by atoms with Crippen LogP contribution in [0.5, 0.6) is 0 Å². The summed E-state index contributed by atoms with van der Waals surface area (Å²) in [6.45, 7) is 3.18. The lowest BCUT2D eigenvalue weighted by molar-refractivity contribution is -0.138. The molecule has 0 aliphatic heterocycles. The lowest BCUT2D eigenvalue weighted by Crippen LogP contribution is -2.50. The number of halogens is 1. The van der Waals surface area contributed by atoms with Crippen LogP contribution in [0, 0.1) is 5.82 Å². The Hall–Kier alpha value is -2.11. The van der Waals surface area contributed by atoms with E-state index in [2.05, 4.69) is 5.32 Å². The third kappa shape index (κ3) is 4.24. The van der Waals surface area contributed by atoms with E-state index in [4.69, 9.17) is 5.11 Å². The minimum atomic E-state index is -1.01. The maximum atomic E-state index is 13.5. The molecule has 0 saturated heterocycles. The Morgan fingerprint density at radius 2 is 1.95 bits per heavy atom. The van der Waals surface area contributed by atoms with E-state index >= 15 is 0 Å². The zero-order valence-electron chi connectivity index (χ0n) is 11.1. The highest BCUT2D eigenvalue weighted by molar-refractivity contribution is 5.92. The summed E-state index contributed by atoms with van der Waals surface area (Å²) < 4.78 is 13.5. The van der Waals surface area contributed by atoms with Gasteiger partial charge in [-0.25, -0.2) is 9.18 Å². The molecule has 2 amide bonds. The fourth-order valence-electron chi connectivity index (χ4n) is 1.63. The van der Waals surface area contributed by atoms with E-state index in [0.29, 0.717) is 0 Å². The van der Waals surface area contributed by atoms with Crippen molar-refractivity contribution in [2.75, 3.05) is 11.9 Å². The molecule has 0 fully saturated rings. The average Bonchev–Trinajstić information content (AvgIpc) is 2.26. The molecule has 1 aromatic rings. The van der Waals surface area contributed by atoms with Crippen LogP contribution in [-0.4, -0.2) is 29.7 Å². The first-order valence-electron chi connectivity index (χ1n) is 5.75. The van der Waals surface area contributed by atoms with Crippen LogP contribution >= 0.6 is 0 Å². The van der Waals surface area contributed by atoms with Gasteiger partial charge < -0.3 is 10.4 Å². The lowest BCUT2D eigenvalue weighted by Gasteiger charge is -2.28. The van der Waals surface area contributed by atoms with Crippen LogP contribution < -0.4 is 10.2 Å². The summed E-state index contributed by atoms with van der Waals surface area (Å²) >= 11 is 0. The quantitative estimate of drug-likeness (QED) is 0.879. The summed E-state index contributed by atoms with van der Waals surface area (Å²) in [6.07, 6.45) is -0.218. The third-order valence-corrected chi connectivity index (χ3v) is 2.56. The van der Waals surface area contributed by atoms with Gasteiger partial charge in [-0.3, -0.25) is 9.69 Å². The van der Waals surface area contributed by atoms with Crippen LogP contribution in [0.4, 0.5) is 14.9 Å². The van der Waals surface area contributed by atoms with Gasteiger partial charge in [0.15, 0.2) is 0 Å². The number of carboxylic acid groups (broad SMARTS) is 1. The monoisotopic (exact) mass is 268 g/mol. The molecule has 2 N–H and O–H groups in total. The standard InChI is InChI=1S/C13H17FN2O3/c1-13(2,8-11(17)18)15-12(19)16(3)10-7-5-4-6-9(10)14/h4-7H,8H2,1-3H3,(H,15,19)(H,17,18). The molecule has 0 unspecified atom stereocenters. The maximum Gasteiger partial charge on any atom is 0.322 e. The largest absolute Gasteiger partial charge is 0.481 e. The summed E-state index contributed by atoms with van der Waals surface area (Å²) in [5.41, 5.74) is -0.784. The number of carbonyl (C=O) groups is 2. The third-order valence-electron chi connectivity index (χ3n) is 2.56. The van der Waals surface area contributed by atoms with Gasteiger partial charge in [0.25, 0.3) is 0 Å². The Labute approximate surface area is 111 Å². The van der Waals surface area contributed by atoms with Crippen LogP contribution in [0.1, 0.15) is 20.3 Å². The van der Waals surface area contributed by atoms with Gasteiger partial charge in [-0.1, -0.05) is 12.1 Å². The Morgan fingerprint density at radius 3 is 2.47 bits per heavy atom. The molecule has 0 radical (unpaired) electrons. The summed E-state index contributed by atoms with van der Waals surface area (Å²) in [4.78, 5) is 23.7. The molecule has 0 atom stereocenters. The number of aliphatic carboxylic acids is 1. The second kappa shape index (κ2) is 5.69. The SMILES string of the molecule is CN(C(=O)NC(C)(C)CC(=O)O)c1ccccc1F. The molecular weight excluding hydrogens is 251 g/mol. The van der Waals surface area contributed by atoms with E-state index in [9.17, 15) is 14.0 Å². The molecule has 104 valence electrons. The van der Waals surface area contributed by atoms with Crippen molar-refractivity contribution in [1.82, 2.24) is 5.32 Å². The molecular formula is C13H17FN2O3. The fraction of sp³-hybridized carbons (Fsp3) is 0.385. The number of para-hydroxylation sites is 1. The van der Waals surface area contributed by atoms with Crippen LogP contribution in [-0.2, 0) is 4.79 Å². The van der Waals surface area contributed by atoms with Crippen molar-refractivity contribution in [2.45, 2.75) is 25.8 Å². The van der Waals surface area contributed by atoms with Gasteiger partial charge >= 0.3 is 12.0 Å². The summed E-state index contributed by atoms with van der Waals surface area (Å²) in [5.74, 6) is -1.53. The molecule has 0 spiro atoms. The van der Waals surface area contributed by atoms with E-state index in [-0.39, 0.29) is 12.1 Å². The molecule has 19 heavy (non-hydrogen) atoms. The van der Waals surface area contributed by atoms with Crippen molar-refractivity contribution in [1.29, 1.82) is 0 Å². The number of urea groups is 1. The Kier molecular flexibility index (Phi) is 4.47. The van der Waals surface area contributed by atoms with Crippen molar-refractivity contribution < 1.29 is 19.1 Å². The van der Waals surface area contributed by atoms with Crippen molar-refractivity contribution in [2.24, 2.45) is 0 Å². The number of nitrogens with zero attached hydrogens (tertiary/aromatic N) is 1. The van der Waals surface area contributed by atoms with Gasteiger partial charge in [-0.05, 0) is 26.0 Å². The highest BCUT2D eigenvalue weighted by Gasteiger charge is 2.26. The Morgan fingerprint density at radius 1 is 1.37 bits per heavy atom. The number of rotatable bonds is 4. The summed E-state index contributed by atoms with van der Waals surface area (Å²) in [7, 11) is 1.42. The molecule has 0 aliphatic rings. The number of carboxylic acids is 1. The average molecular weight is 268 g/mol. The normalized spacial score (nSPS) is 10.9. The highest BCUT2D eigenvalue weighted by Crippen LogP contribution is 2.18. The van der Waals surface area contributed by atoms with Crippen LogP contribution in [0.25, 0.3) is 0 Å². The predicted molar refractivity (Wildman–Crippen MR) is 69.7 cm³/mol. The molecule has 0 bridgehead atoms. The number of hydrogen-bond donors (Lipinski definition) is 2. The minimum Gasteiger partial charge on any atom is -0.481 e. The van der Waals surface area contributed by atoms with E-state index in [0.717, 1.165) is 4.90 Å². The molecule has 1 aromatic carbocycles. The van der Waals surface area contributed by atoms with Crippen molar-refractivity contribution in [3.63, 3.8) is 0 Å². The smallest absolute Gasteiger partial charge is 0.322 e. The van der Waals surface area contributed by atoms with E-state index in [1.165, 1.54) is 25.2 Å². The molecule has 0 aliphatic carbocycles. The zero-order valence-corrected chi connectivity index (χ0v) is 11.1. The summed E-state index contributed by atoms with van der Waals surface area (Å²) in [5, 5.41) is 11.3. The lowest BCUT2D eigenvalue weighted by atomic mass is 10.0. The molecule has 0 aromatic heterocycles. The second-order valence-electron chi connectivity index (χ2n) is 4.89. The predicted octanol–water partition coefficient (Wildman–Crippen LogP) is 2.22. The first-order chi connectivity index (χ1) is 8.73. The van der Waals surface area contributed by atoms with Crippen molar-refractivity contribution >= 4 is 17.7 Å². The van der Waals surface area contributed by atoms with Gasteiger partial charge in [-0.15, -0.1) is 0 Å². The van der Waals surface area contributed by atoms with Crippen molar-refractivity contribution in [3.05, 3.63) is 30.1 Å². The van der Waals surface area contributed by atoms with Crippen LogP contribution in [0.2, 0.25) is 0 Å². The Balaban J connectivity index is 2.79. The van der Waals surface area contributed by atoms with Gasteiger partial charge in [-0.2, -0.15) is 0 Å².